The summed E-state index contributed by atoms with van der Waals surface area (Å²) in [6, 6.07) is 13.8. The molecule has 0 heterocycles. The number of benzene rings is 2. The van der Waals surface area contributed by atoms with Crippen LogP contribution in [0.3, 0.4) is 0 Å². The van der Waals surface area contributed by atoms with Gasteiger partial charge in [-0.05, 0) is 44.0 Å². The number of halogens is 2. The maximum Gasteiger partial charge on any atom is 0.245 e. The summed E-state index contributed by atoms with van der Waals surface area (Å²) in [7, 11) is -4.00. The van der Waals surface area contributed by atoms with E-state index < -0.39 is 10.0 Å². The molecule has 0 aliphatic heterocycles. The standard InChI is InChI=1S/C20H24Cl2N2O3S/c1-3-23(4-2)20(25)15-24(13-12-16-8-6-5-7-9-16)28(26,27)19-14-17(21)10-11-18(19)22/h5-11,14H,3-4,12-13,15H2,1-2H3. The molecule has 0 saturated heterocycles. The summed E-state index contributed by atoms with van der Waals surface area (Å²) in [6.07, 6.45) is 0.476. The molecule has 0 spiro atoms. The van der Waals surface area contributed by atoms with E-state index in [-0.39, 0.29) is 33.9 Å². The number of rotatable bonds is 9. The number of carbonyl (C=O) groups excluding carboxylic acids is 1. The third kappa shape index (κ3) is 5.70. The van der Waals surface area contributed by atoms with Crippen molar-refractivity contribution in [3.63, 3.8) is 0 Å². The predicted octanol–water partition coefficient (Wildman–Crippen LogP) is 4.10. The molecule has 2 rings (SSSR count). The van der Waals surface area contributed by atoms with Gasteiger partial charge < -0.3 is 4.90 Å². The number of hydrogen-bond donors (Lipinski definition) is 0. The van der Waals surface area contributed by atoms with E-state index >= 15 is 0 Å². The molecule has 2 aromatic rings. The Morgan fingerprint density at radius 2 is 1.64 bits per heavy atom. The maximum atomic E-state index is 13.3. The Morgan fingerprint density at radius 1 is 1.00 bits per heavy atom. The highest BCUT2D eigenvalue weighted by atomic mass is 35.5. The van der Waals surface area contributed by atoms with Gasteiger partial charge in [0.1, 0.15) is 4.90 Å². The van der Waals surface area contributed by atoms with Crippen LogP contribution in [0.4, 0.5) is 0 Å². The van der Waals surface area contributed by atoms with Gasteiger partial charge in [0.25, 0.3) is 0 Å². The lowest BCUT2D eigenvalue weighted by atomic mass is 10.1. The van der Waals surface area contributed by atoms with Crippen LogP contribution in [0.25, 0.3) is 0 Å². The smallest absolute Gasteiger partial charge is 0.245 e. The number of carbonyl (C=O) groups is 1. The molecule has 0 unspecified atom stereocenters. The first-order valence-corrected chi connectivity index (χ1v) is 11.3. The third-order valence-electron chi connectivity index (χ3n) is 4.43. The Morgan fingerprint density at radius 3 is 2.25 bits per heavy atom. The summed E-state index contributed by atoms with van der Waals surface area (Å²) in [6.45, 7) is 4.65. The van der Waals surface area contributed by atoms with Crippen LogP contribution < -0.4 is 0 Å². The van der Waals surface area contributed by atoms with Gasteiger partial charge >= 0.3 is 0 Å². The second-order valence-corrected chi connectivity index (χ2v) is 8.96. The summed E-state index contributed by atoms with van der Waals surface area (Å²) in [4.78, 5) is 14.1. The molecular weight excluding hydrogens is 419 g/mol. The monoisotopic (exact) mass is 442 g/mol. The van der Waals surface area contributed by atoms with Gasteiger partial charge in [-0.2, -0.15) is 4.31 Å². The number of nitrogens with zero attached hydrogens (tertiary/aromatic N) is 2. The van der Waals surface area contributed by atoms with Crippen molar-refractivity contribution in [1.82, 2.24) is 9.21 Å². The molecule has 2 aromatic carbocycles. The molecule has 8 heteroatoms. The number of amides is 1. The summed E-state index contributed by atoms with van der Waals surface area (Å²) >= 11 is 12.1. The quantitative estimate of drug-likeness (QED) is 0.587. The second-order valence-electron chi connectivity index (χ2n) is 6.21. The molecule has 152 valence electrons. The first kappa shape index (κ1) is 22.7. The minimum absolute atomic E-state index is 0.0735. The Bertz CT molecular complexity index is 901. The van der Waals surface area contributed by atoms with E-state index in [1.807, 2.05) is 44.2 Å². The Balaban J connectivity index is 2.35. The zero-order chi connectivity index (χ0) is 20.7. The molecular formula is C20H24Cl2N2O3S. The normalized spacial score (nSPS) is 11.6. The van der Waals surface area contributed by atoms with Crippen molar-refractivity contribution in [2.75, 3.05) is 26.2 Å². The fourth-order valence-corrected chi connectivity index (χ4v) is 4.95. The lowest BCUT2D eigenvalue weighted by Crippen LogP contribution is -2.43. The predicted molar refractivity (Wildman–Crippen MR) is 113 cm³/mol. The van der Waals surface area contributed by atoms with E-state index in [9.17, 15) is 13.2 Å². The van der Waals surface area contributed by atoms with Gasteiger partial charge in [0, 0.05) is 24.7 Å². The SMILES string of the molecule is CCN(CC)C(=O)CN(CCc1ccccc1)S(=O)(=O)c1cc(Cl)ccc1Cl. The number of likely N-dealkylation sites (N-methyl/N-ethyl adjacent to an activating group) is 1. The van der Waals surface area contributed by atoms with Crippen LogP contribution in [0.5, 0.6) is 0 Å². The van der Waals surface area contributed by atoms with Gasteiger partial charge in [-0.15, -0.1) is 0 Å². The Hall–Kier alpha value is -1.60. The molecule has 0 saturated carbocycles. The molecule has 28 heavy (non-hydrogen) atoms. The van der Waals surface area contributed by atoms with E-state index in [0.29, 0.717) is 19.5 Å². The Kier molecular flexibility index (Phi) is 8.31. The average molecular weight is 443 g/mol. The summed E-state index contributed by atoms with van der Waals surface area (Å²) in [5.41, 5.74) is 0.982. The zero-order valence-corrected chi connectivity index (χ0v) is 18.3. The fourth-order valence-electron chi connectivity index (χ4n) is 2.82. The second kappa shape index (κ2) is 10.3. The van der Waals surface area contributed by atoms with E-state index in [4.69, 9.17) is 23.2 Å². The van der Waals surface area contributed by atoms with E-state index in [1.54, 1.807) is 4.90 Å². The van der Waals surface area contributed by atoms with Crippen LogP contribution in [0, 0.1) is 0 Å². The van der Waals surface area contributed by atoms with Crippen LogP contribution >= 0.6 is 23.2 Å². The van der Waals surface area contributed by atoms with Crippen molar-refractivity contribution in [2.45, 2.75) is 25.2 Å². The molecule has 0 atom stereocenters. The van der Waals surface area contributed by atoms with Gasteiger partial charge in [0.05, 0.1) is 11.6 Å². The van der Waals surface area contributed by atoms with Gasteiger partial charge in [0.2, 0.25) is 15.9 Å². The van der Waals surface area contributed by atoms with Gasteiger partial charge in [-0.1, -0.05) is 53.5 Å². The molecule has 0 aliphatic rings. The number of hydrogen-bond acceptors (Lipinski definition) is 3. The minimum Gasteiger partial charge on any atom is -0.342 e. The topological polar surface area (TPSA) is 57.7 Å². The molecule has 0 N–H and O–H groups in total. The number of sulfonamides is 1. The zero-order valence-electron chi connectivity index (χ0n) is 15.9. The van der Waals surface area contributed by atoms with E-state index in [1.165, 1.54) is 22.5 Å². The van der Waals surface area contributed by atoms with Crippen LogP contribution in [-0.4, -0.2) is 49.7 Å². The van der Waals surface area contributed by atoms with Crippen molar-refractivity contribution in [1.29, 1.82) is 0 Å². The van der Waals surface area contributed by atoms with Crippen molar-refractivity contribution in [3.8, 4) is 0 Å². The first-order valence-electron chi connectivity index (χ1n) is 9.06. The van der Waals surface area contributed by atoms with Crippen LogP contribution in [-0.2, 0) is 21.2 Å². The summed E-state index contributed by atoms with van der Waals surface area (Å²) in [5, 5.41) is 0.338. The van der Waals surface area contributed by atoms with Crippen molar-refractivity contribution < 1.29 is 13.2 Å². The van der Waals surface area contributed by atoms with E-state index in [0.717, 1.165) is 5.56 Å². The third-order valence-corrected chi connectivity index (χ3v) is 6.99. The Labute approximate surface area is 176 Å². The fraction of sp³-hybridized carbons (Fsp3) is 0.350. The van der Waals surface area contributed by atoms with Gasteiger partial charge in [0.15, 0.2) is 0 Å². The van der Waals surface area contributed by atoms with Crippen molar-refractivity contribution >= 4 is 39.1 Å². The first-order chi connectivity index (χ1) is 13.3. The maximum absolute atomic E-state index is 13.3. The highest BCUT2D eigenvalue weighted by Gasteiger charge is 2.29. The summed E-state index contributed by atoms with van der Waals surface area (Å²) in [5.74, 6) is -0.250. The average Bonchev–Trinajstić information content (AvgIpc) is 2.68. The molecule has 0 fully saturated rings. The molecule has 1 amide bonds. The molecule has 0 bridgehead atoms. The van der Waals surface area contributed by atoms with Gasteiger partial charge in [-0.3, -0.25) is 4.79 Å². The van der Waals surface area contributed by atoms with Gasteiger partial charge in [-0.25, -0.2) is 8.42 Å². The molecule has 0 aliphatic carbocycles. The minimum atomic E-state index is -4.00. The molecule has 0 radical (unpaired) electrons. The molecule has 5 nitrogen and oxygen atoms in total. The highest BCUT2D eigenvalue weighted by Crippen LogP contribution is 2.28. The van der Waals surface area contributed by atoms with Crippen LogP contribution in [0.2, 0.25) is 10.0 Å². The summed E-state index contributed by atoms with van der Waals surface area (Å²) < 4.78 is 27.7. The van der Waals surface area contributed by atoms with E-state index in [2.05, 4.69) is 0 Å². The molecule has 0 aromatic heterocycles. The van der Waals surface area contributed by atoms with Crippen LogP contribution in [0.15, 0.2) is 53.4 Å². The van der Waals surface area contributed by atoms with Crippen molar-refractivity contribution in [3.05, 3.63) is 64.1 Å². The van der Waals surface area contributed by atoms with Crippen LogP contribution in [0.1, 0.15) is 19.4 Å². The lowest BCUT2D eigenvalue weighted by Gasteiger charge is -2.26. The highest BCUT2D eigenvalue weighted by molar-refractivity contribution is 7.89. The largest absolute Gasteiger partial charge is 0.342 e. The lowest BCUT2D eigenvalue weighted by molar-refractivity contribution is -0.131. The van der Waals surface area contributed by atoms with Crippen molar-refractivity contribution in [2.24, 2.45) is 0 Å².